The Morgan fingerprint density at radius 2 is 2.00 bits per heavy atom. The van der Waals surface area contributed by atoms with Gasteiger partial charge >= 0.3 is 0 Å². The van der Waals surface area contributed by atoms with Crippen LogP contribution in [0.3, 0.4) is 0 Å². The van der Waals surface area contributed by atoms with E-state index >= 15 is 0 Å². The first-order chi connectivity index (χ1) is 8.02. The van der Waals surface area contributed by atoms with Crippen molar-refractivity contribution in [3.8, 4) is 11.5 Å². The van der Waals surface area contributed by atoms with E-state index in [1.807, 2.05) is 12.1 Å². The smallest absolute Gasteiger partial charge is 0.175 e. The minimum absolute atomic E-state index is 0.0342. The summed E-state index contributed by atoms with van der Waals surface area (Å²) in [6.07, 6.45) is 0.846. The van der Waals surface area contributed by atoms with Crippen molar-refractivity contribution in [2.24, 2.45) is 11.1 Å². The van der Waals surface area contributed by atoms with E-state index in [0.717, 1.165) is 22.4 Å². The molecule has 0 fully saturated rings. The maximum atomic E-state index is 5.84. The molecule has 3 nitrogen and oxygen atoms in total. The third kappa shape index (κ3) is 2.93. The third-order valence-corrected chi connectivity index (χ3v) is 3.32. The summed E-state index contributed by atoms with van der Waals surface area (Å²) in [6, 6.07) is 4.07. The van der Waals surface area contributed by atoms with Gasteiger partial charge in [-0.2, -0.15) is 0 Å². The van der Waals surface area contributed by atoms with Gasteiger partial charge in [-0.15, -0.1) is 0 Å². The van der Waals surface area contributed by atoms with Gasteiger partial charge in [-0.3, -0.25) is 0 Å². The summed E-state index contributed by atoms with van der Waals surface area (Å²) in [4.78, 5) is 0. The van der Waals surface area contributed by atoms with Crippen molar-refractivity contribution in [2.75, 3.05) is 19.8 Å². The Bertz CT molecular complexity index is 418. The summed E-state index contributed by atoms with van der Waals surface area (Å²) in [5.74, 6) is 1.62. The second-order valence-corrected chi connectivity index (χ2v) is 6.04. The summed E-state index contributed by atoms with van der Waals surface area (Å²) < 4.78 is 12.6. The van der Waals surface area contributed by atoms with Gasteiger partial charge in [0.2, 0.25) is 0 Å². The van der Waals surface area contributed by atoms with Crippen LogP contribution in [-0.4, -0.2) is 19.8 Å². The molecule has 1 heterocycles. The monoisotopic (exact) mass is 299 g/mol. The minimum atomic E-state index is 0.0342. The van der Waals surface area contributed by atoms with Crippen molar-refractivity contribution in [1.29, 1.82) is 0 Å². The zero-order valence-corrected chi connectivity index (χ0v) is 11.8. The Balaban J connectivity index is 2.32. The number of halogens is 1. The second kappa shape index (κ2) is 4.86. The first-order valence-electron chi connectivity index (χ1n) is 5.80. The Morgan fingerprint density at radius 3 is 2.71 bits per heavy atom. The van der Waals surface area contributed by atoms with Crippen molar-refractivity contribution in [3.63, 3.8) is 0 Å². The molecule has 0 spiro atoms. The van der Waals surface area contributed by atoms with Gasteiger partial charge in [0.25, 0.3) is 0 Å². The highest BCUT2D eigenvalue weighted by Gasteiger charge is 2.26. The average Bonchev–Trinajstić information content (AvgIpc) is 2.39. The third-order valence-electron chi connectivity index (χ3n) is 2.73. The quantitative estimate of drug-likeness (QED) is 0.913. The molecule has 0 saturated heterocycles. The summed E-state index contributed by atoms with van der Waals surface area (Å²) in [6.45, 7) is 6.23. The van der Waals surface area contributed by atoms with E-state index in [1.165, 1.54) is 5.56 Å². The highest BCUT2D eigenvalue weighted by molar-refractivity contribution is 9.10. The van der Waals surface area contributed by atoms with Gasteiger partial charge in [-0.1, -0.05) is 13.8 Å². The number of rotatable bonds is 2. The fourth-order valence-electron chi connectivity index (χ4n) is 1.76. The molecule has 0 unspecified atom stereocenters. The molecule has 0 bridgehead atoms. The summed E-state index contributed by atoms with van der Waals surface area (Å²) in [7, 11) is 0. The molecule has 0 aliphatic carbocycles. The Hall–Kier alpha value is -0.740. The lowest BCUT2D eigenvalue weighted by Gasteiger charge is -2.19. The van der Waals surface area contributed by atoms with Gasteiger partial charge < -0.3 is 15.2 Å². The van der Waals surface area contributed by atoms with E-state index in [-0.39, 0.29) is 5.41 Å². The lowest BCUT2D eigenvalue weighted by Crippen LogP contribution is -2.26. The molecule has 0 saturated carbocycles. The van der Waals surface area contributed by atoms with Crippen LogP contribution in [0.25, 0.3) is 0 Å². The van der Waals surface area contributed by atoms with Crippen molar-refractivity contribution in [3.05, 3.63) is 22.2 Å². The minimum Gasteiger partial charge on any atom is -0.489 e. The van der Waals surface area contributed by atoms with Gasteiger partial charge in [0.05, 0.1) is 17.7 Å². The summed E-state index contributed by atoms with van der Waals surface area (Å²) in [5.41, 5.74) is 6.78. The van der Waals surface area contributed by atoms with Crippen LogP contribution in [0.4, 0.5) is 0 Å². The number of hydrogen-bond donors (Lipinski definition) is 1. The molecule has 4 heteroatoms. The van der Waals surface area contributed by atoms with Gasteiger partial charge in [0.1, 0.15) is 0 Å². The van der Waals surface area contributed by atoms with Crippen molar-refractivity contribution in [2.45, 2.75) is 20.3 Å². The molecular weight excluding hydrogens is 282 g/mol. The van der Waals surface area contributed by atoms with Crippen LogP contribution >= 0.6 is 15.9 Å². The van der Waals surface area contributed by atoms with Gasteiger partial charge in [-0.05, 0) is 46.6 Å². The molecular formula is C13H18BrNO2. The van der Waals surface area contributed by atoms with Crippen LogP contribution in [-0.2, 0) is 6.42 Å². The van der Waals surface area contributed by atoms with E-state index in [4.69, 9.17) is 15.2 Å². The lowest BCUT2D eigenvalue weighted by atomic mass is 9.97. The molecule has 1 aliphatic heterocycles. The predicted octanol–water partition coefficient (Wildman–Crippen LogP) is 2.75. The van der Waals surface area contributed by atoms with Gasteiger partial charge in [0, 0.05) is 5.41 Å². The van der Waals surface area contributed by atoms with Crippen LogP contribution < -0.4 is 15.2 Å². The molecule has 2 rings (SSSR count). The van der Waals surface area contributed by atoms with Crippen LogP contribution in [0, 0.1) is 5.41 Å². The molecule has 0 aromatic heterocycles. The zero-order chi connectivity index (χ0) is 12.5. The standard InChI is InChI=1S/C13H18BrNO2/c1-13(2)7-16-11-6-9(3-4-15)5-10(14)12(11)17-8-13/h5-6H,3-4,7-8,15H2,1-2H3. The maximum Gasteiger partial charge on any atom is 0.175 e. The first-order valence-corrected chi connectivity index (χ1v) is 6.59. The number of ether oxygens (including phenoxy) is 2. The SMILES string of the molecule is CC1(C)COc2cc(CCN)cc(Br)c2OC1. The normalized spacial score (nSPS) is 17.6. The van der Waals surface area contributed by atoms with Crippen molar-refractivity contribution < 1.29 is 9.47 Å². The molecule has 17 heavy (non-hydrogen) atoms. The largest absolute Gasteiger partial charge is 0.489 e. The first kappa shape index (κ1) is 12.7. The van der Waals surface area contributed by atoms with E-state index in [1.54, 1.807) is 0 Å². The van der Waals surface area contributed by atoms with Gasteiger partial charge in [-0.25, -0.2) is 0 Å². The average molecular weight is 300 g/mol. The summed E-state index contributed by atoms with van der Waals surface area (Å²) >= 11 is 3.53. The van der Waals surface area contributed by atoms with Crippen LogP contribution in [0.2, 0.25) is 0 Å². The lowest BCUT2D eigenvalue weighted by molar-refractivity contribution is 0.140. The second-order valence-electron chi connectivity index (χ2n) is 5.19. The molecule has 2 N–H and O–H groups in total. The molecule has 1 aliphatic rings. The number of benzene rings is 1. The van der Waals surface area contributed by atoms with Gasteiger partial charge in [0.15, 0.2) is 11.5 Å². The van der Waals surface area contributed by atoms with E-state index in [2.05, 4.69) is 29.8 Å². The van der Waals surface area contributed by atoms with E-state index in [9.17, 15) is 0 Å². The molecule has 1 aromatic rings. The molecule has 94 valence electrons. The molecule has 0 radical (unpaired) electrons. The van der Waals surface area contributed by atoms with Crippen LogP contribution in [0.15, 0.2) is 16.6 Å². The zero-order valence-electron chi connectivity index (χ0n) is 10.3. The van der Waals surface area contributed by atoms with Crippen LogP contribution in [0.5, 0.6) is 11.5 Å². The fraction of sp³-hybridized carbons (Fsp3) is 0.538. The molecule has 0 atom stereocenters. The Kier molecular flexibility index (Phi) is 3.64. The van der Waals surface area contributed by atoms with E-state index in [0.29, 0.717) is 19.8 Å². The highest BCUT2D eigenvalue weighted by atomic mass is 79.9. The summed E-state index contributed by atoms with van der Waals surface area (Å²) in [5, 5.41) is 0. The maximum absolute atomic E-state index is 5.84. The molecule has 0 amide bonds. The Morgan fingerprint density at radius 1 is 1.29 bits per heavy atom. The number of fused-ring (bicyclic) bond motifs is 1. The van der Waals surface area contributed by atoms with Crippen molar-refractivity contribution >= 4 is 15.9 Å². The predicted molar refractivity (Wildman–Crippen MR) is 71.7 cm³/mol. The highest BCUT2D eigenvalue weighted by Crippen LogP contribution is 2.40. The van der Waals surface area contributed by atoms with E-state index < -0.39 is 0 Å². The Labute approximate surface area is 110 Å². The fourth-order valence-corrected chi connectivity index (χ4v) is 2.37. The molecule has 1 aromatic carbocycles. The topological polar surface area (TPSA) is 44.5 Å². The number of hydrogen-bond acceptors (Lipinski definition) is 3. The van der Waals surface area contributed by atoms with Crippen molar-refractivity contribution in [1.82, 2.24) is 0 Å². The van der Waals surface area contributed by atoms with Crippen LogP contribution in [0.1, 0.15) is 19.4 Å². The number of nitrogens with two attached hydrogens (primary N) is 1.